The van der Waals surface area contributed by atoms with Gasteiger partial charge in [-0.1, -0.05) is 13.8 Å². The van der Waals surface area contributed by atoms with E-state index in [1.165, 1.54) is 0 Å². The lowest BCUT2D eigenvalue weighted by molar-refractivity contribution is 0.388. The van der Waals surface area contributed by atoms with Gasteiger partial charge in [0, 0.05) is 26.3 Å². The van der Waals surface area contributed by atoms with Gasteiger partial charge < -0.3 is 5.32 Å². The van der Waals surface area contributed by atoms with Crippen LogP contribution in [0.3, 0.4) is 0 Å². The van der Waals surface area contributed by atoms with Crippen LogP contribution in [0.1, 0.15) is 20.3 Å². The SMILES string of the molecule is CNc1ncccc1S(=O)(=O)N1CCC(C(C)C)C1. The molecule has 2 heterocycles. The summed E-state index contributed by atoms with van der Waals surface area (Å²) >= 11 is 0. The Labute approximate surface area is 115 Å². The Balaban J connectivity index is 2.29. The fourth-order valence-electron chi connectivity index (χ4n) is 2.44. The van der Waals surface area contributed by atoms with Gasteiger partial charge in [-0.05, 0) is 30.4 Å². The fourth-order valence-corrected chi connectivity index (χ4v) is 4.10. The van der Waals surface area contributed by atoms with Crippen molar-refractivity contribution in [1.82, 2.24) is 9.29 Å². The minimum Gasteiger partial charge on any atom is -0.372 e. The van der Waals surface area contributed by atoms with Crippen molar-refractivity contribution in [3.8, 4) is 0 Å². The van der Waals surface area contributed by atoms with E-state index in [0.29, 0.717) is 30.7 Å². The van der Waals surface area contributed by atoms with Crippen molar-refractivity contribution >= 4 is 15.8 Å². The molecule has 1 unspecified atom stereocenters. The first-order chi connectivity index (χ1) is 8.96. The molecule has 19 heavy (non-hydrogen) atoms. The summed E-state index contributed by atoms with van der Waals surface area (Å²) in [5, 5.41) is 2.84. The Morgan fingerprint density at radius 2 is 2.21 bits per heavy atom. The van der Waals surface area contributed by atoms with Crippen molar-refractivity contribution in [3.63, 3.8) is 0 Å². The Morgan fingerprint density at radius 3 is 2.79 bits per heavy atom. The molecule has 0 saturated carbocycles. The second-order valence-electron chi connectivity index (χ2n) is 5.26. The standard InChI is InChI=1S/C13H21N3O2S/c1-10(2)11-6-8-16(9-11)19(17,18)12-5-4-7-15-13(12)14-3/h4-5,7,10-11H,6,8-9H2,1-3H3,(H,14,15). The van der Waals surface area contributed by atoms with Crippen molar-refractivity contribution in [2.75, 3.05) is 25.5 Å². The molecule has 1 aliphatic heterocycles. The maximum Gasteiger partial charge on any atom is 0.246 e. The van der Waals surface area contributed by atoms with Crippen LogP contribution in [0, 0.1) is 11.8 Å². The van der Waals surface area contributed by atoms with Crippen LogP contribution in [-0.2, 0) is 10.0 Å². The second-order valence-corrected chi connectivity index (χ2v) is 7.16. The third kappa shape index (κ3) is 2.74. The zero-order valence-corrected chi connectivity index (χ0v) is 12.4. The molecule has 0 aromatic carbocycles. The summed E-state index contributed by atoms with van der Waals surface area (Å²) in [6.07, 6.45) is 2.53. The highest BCUT2D eigenvalue weighted by molar-refractivity contribution is 7.89. The predicted octanol–water partition coefficient (Wildman–Crippen LogP) is 1.79. The number of nitrogens with one attached hydrogen (secondary N) is 1. The van der Waals surface area contributed by atoms with E-state index in [9.17, 15) is 8.42 Å². The number of anilines is 1. The summed E-state index contributed by atoms with van der Waals surface area (Å²) in [7, 11) is -1.76. The van der Waals surface area contributed by atoms with Gasteiger partial charge in [-0.3, -0.25) is 0 Å². The molecule has 106 valence electrons. The summed E-state index contributed by atoms with van der Waals surface area (Å²) in [5.74, 6) is 1.37. The molecule has 0 radical (unpaired) electrons. The first-order valence-electron chi connectivity index (χ1n) is 6.59. The molecule has 0 amide bonds. The van der Waals surface area contributed by atoms with Crippen LogP contribution in [0.15, 0.2) is 23.2 Å². The number of sulfonamides is 1. The van der Waals surface area contributed by atoms with E-state index in [1.54, 1.807) is 29.7 Å². The zero-order valence-electron chi connectivity index (χ0n) is 11.6. The molecule has 1 fully saturated rings. The summed E-state index contributed by atoms with van der Waals surface area (Å²) in [4.78, 5) is 4.34. The van der Waals surface area contributed by atoms with Crippen LogP contribution in [0.25, 0.3) is 0 Å². The molecule has 1 atom stereocenters. The van der Waals surface area contributed by atoms with Crippen LogP contribution >= 0.6 is 0 Å². The second kappa shape index (κ2) is 5.46. The molecule has 1 aromatic rings. The lowest BCUT2D eigenvalue weighted by Gasteiger charge is -2.19. The number of hydrogen-bond acceptors (Lipinski definition) is 4. The number of pyridine rings is 1. The molecule has 1 N–H and O–H groups in total. The van der Waals surface area contributed by atoms with Crippen LogP contribution in [0.4, 0.5) is 5.82 Å². The van der Waals surface area contributed by atoms with Gasteiger partial charge in [0.15, 0.2) is 0 Å². The quantitative estimate of drug-likeness (QED) is 0.915. The first-order valence-corrected chi connectivity index (χ1v) is 8.03. The van der Waals surface area contributed by atoms with Crippen LogP contribution in [0.5, 0.6) is 0 Å². The number of nitrogens with zero attached hydrogens (tertiary/aromatic N) is 2. The van der Waals surface area contributed by atoms with E-state index in [1.807, 2.05) is 0 Å². The monoisotopic (exact) mass is 283 g/mol. The van der Waals surface area contributed by atoms with Crippen LogP contribution in [-0.4, -0.2) is 37.8 Å². The van der Waals surface area contributed by atoms with Gasteiger partial charge in [-0.15, -0.1) is 0 Å². The summed E-state index contributed by atoms with van der Waals surface area (Å²) in [5.41, 5.74) is 0. The summed E-state index contributed by atoms with van der Waals surface area (Å²) < 4.78 is 26.8. The summed E-state index contributed by atoms with van der Waals surface area (Å²) in [6.45, 7) is 5.50. The van der Waals surface area contributed by atoms with Crippen molar-refractivity contribution in [2.24, 2.45) is 11.8 Å². The average Bonchev–Trinajstić information content (AvgIpc) is 2.89. The third-order valence-electron chi connectivity index (χ3n) is 3.76. The molecule has 5 nitrogen and oxygen atoms in total. The van der Waals surface area contributed by atoms with Crippen molar-refractivity contribution in [1.29, 1.82) is 0 Å². The lowest BCUT2D eigenvalue weighted by atomic mass is 9.96. The number of rotatable bonds is 4. The van der Waals surface area contributed by atoms with E-state index in [2.05, 4.69) is 24.1 Å². The van der Waals surface area contributed by atoms with Gasteiger partial charge in [0.2, 0.25) is 10.0 Å². The molecule has 0 bridgehead atoms. The number of aromatic nitrogens is 1. The highest BCUT2D eigenvalue weighted by Crippen LogP contribution is 2.30. The molecule has 2 rings (SSSR count). The zero-order chi connectivity index (χ0) is 14.0. The molecule has 0 spiro atoms. The summed E-state index contributed by atoms with van der Waals surface area (Å²) in [6, 6.07) is 3.26. The van der Waals surface area contributed by atoms with Gasteiger partial charge in [0.1, 0.15) is 10.7 Å². The largest absolute Gasteiger partial charge is 0.372 e. The Kier molecular flexibility index (Phi) is 4.10. The van der Waals surface area contributed by atoms with Gasteiger partial charge in [0.25, 0.3) is 0 Å². The molecule has 0 aliphatic carbocycles. The Bertz CT molecular complexity index is 543. The van der Waals surface area contributed by atoms with Crippen molar-refractivity contribution in [3.05, 3.63) is 18.3 Å². The molecule has 6 heteroatoms. The molecule has 1 aromatic heterocycles. The fraction of sp³-hybridized carbons (Fsp3) is 0.615. The maximum atomic E-state index is 12.6. The maximum absolute atomic E-state index is 12.6. The van der Waals surface area contributed by atoms with E-state index >= 15 is 0 Å². The highest BCUT2D eigenvalue weighted by Gasteiger charge is 2.34. The molecule has 1 aliphatic rings. The van der Waals surface area contributed by atoms with E-state index in [0.717, 1.165) is 6.42 Å². The topological polar surface area (TPSA) is 62.3 Å². The number of hydrogen-bond donors (Lipinski definition) is 1. The van der Waals surface area contributed by atoms with Crippen molar-refractivity contribution in [2.45, 2.75) is 25.2 Å². The van der Waals surface area contributed by atoms with Gasteiger partial charge in [-0.2, -0.15) is 4.31 Å². The smallest absolute Gasteiger partial charge is 0.246 e. The van der Waals surface area contributed by atoms with Gasteiger partial charge in [0.05, 0.1) is 0 Å². The minimum atomic E-state index is -3.44. The normalized spacial score (nSPS) is 20.9. The van der Waals surface area contributed by atoms with Crippen LogP contribution < -0.4 is 5.32 Å². The highest BCUT2D eigenvalue weighted by atomic mass is 32.2. The van der Waals surface area contributed by atoms with Crippen molar-refractivity contribution < 1.29 is 8.42 Å². The minimum absolute atomic E-state index is 0.266. The average molecular weight is 283 g/mol. The third-order valence-corrected chi connectivity index (χ3v) is 5.65. The predicted molar refractivity (Wildman–Crippen MR) is 75.5 cm³/mol. The van der Waals surface area contributed by atoms with E-state index in [4.69, 9.17) is 0 Å². The Morgan fingerprint density at radius 1 is 1.47 bits per heavy atom. The first kappa shape index (κ1) is 14.3. The van der Waals surface area contributed by atoms with Crippen LogP contribution in [0.2, 0.25) is 0 Å². The van der Waals surface area contributed by atoms with E-state index in [-0.39, 0.29) is 4.90 Å². The van der Waals surface area contributed by atoms with E-state index < -0.39 is 10.0 Å². The molecular formula is C13H21N3O2S. The lowest BCUT2D eigenvalue weighted by Crippen LogP contribution is -2.30. The molecule has 1 saturated heterocycles. The Hall–Kier alpha value is -1.14. The van der Waals surface area contributed by atoms with Gasteiger partial charge in [-0.25, -0.2) is 13.4 Å². The van der Waals surface area contributed by atoms with Gasteiger partial charge >= 0.3 is 0 Å². The molecular weight excluding hydrogens is 262 g/mol.